The van der Waals surface area contributed by atoms with Gasteiger partial charge in [0.2, 0.25) is 0 Å². The number of benzene rings is 3. The van der Waals surface area contributed by atoms with Gasteiger partial charge >= 0.3 is 0 Å². The molecule has 9 heteroatoms. The second kappa shape index (κ2) is 10.6. The minimum atomic E-state index is -0.292. The van der Waals surface area contributed by atoms with Gasteiger partial charge in [0.1, 0.15) is 18.2 Å². The largest absolute Gasteiger partial charge is 0.493 e. The number of methoxy groups -OCH3 is 1. The van der Waals surface area contributed by atoms with Crippen LogP contribution in [0.15, 0.2) is 69.0 Å². The molecule has 174 valence electrons. The molecule has 0 fully saturated rings. The lowest BCUT2D eigenvalue weighted by Crippen LogP contribution is -2.22. The molecule has 4 aromatic rings. The lowest BCUT2D eigenvalue weighted by atomic mass is 10.2. The predicted octanol–water partition coefficient (Wildman–Crippen LogP) is 5.93. The topological polar surface area (TPSA) is 65.7 Å². The minimum absolute atomic E-state index is 0.236. The zero-order chi connectivity index (χ0) is 24.2. The van der Waals surface area contributed by atoms with Gasteiger partial charge in [-0.25, -0.2) is 9.37 Å². The highest BCUT2D eigenvalue weighted by atomic mass is 127. The van der Waals surface area contributed by atoms with Gasteiger partial charge in [-0.2, -0.15) is 9.78 Å². The molecule has 0 aliphatic rings. The highest BCUT2D eigenvalue weighted by Gasteiger charge is 2.13. The van der Waals surface area contributed by atoms with Crippen molar-refractivity contribution in [1.29, 1.82) is 0 Å². The molecule has 0 amide bonds. The van der Waals surface area contributed by atoms with Crippen molar-refractivity contribution in [1.82, 2.24) is 9.66 Å². The van der Waals surface area contributed by atoms with Crippen LogP contribution in [0.1, 0.15) is 23.9 Å². The lowest BCUT2D eigenvalue weighted by Gasteiger charge is -2.14. The first kappa shape index (κ1) is 24.3. The third-order valence-corrected chi connectivity index (χ3v) is 6.36. The molecule has 3 aromatic carbocycles. The van der Waals surface area contributed by atoms with Crippen LogP contribution >= 0.6 is 38.5 Å². The van der Waals surface area contributed by atoms with Crippen LogP contribution in [0.3, 0.4) is 0 Å². The maximum atomic E-state index is 13.1. The van der Waals surface area contributed by atoms with Crippen LogP contribution in [0.2, 0.25) is 0 Å². The summed E-state index contributed by atoms with van der Waals surface area (Å²) in [5.74, 6) is 1.38. The summed E-state index contributed by atoms with van der Waals surface area (Å²) in [6.45, 7) is 2.20. The fourth-order valence-electron chi connectivity index (χ4n) is 3.36. The second-order valence-corrected chi connectivity index (χ2v) is 9.43. The molecule has 0 aliphatic carbocycles. The van der Waals surface area contributed by atoms with Gasteiger partial charge in [0.05, 0.1) is 27.8 Å². The van der Waals surface area contributed by atoms with Crippen LogP contribution in [0.25, 0.3) is 10.9 Å². The monoisotopic (exact) mass is 635 g/mol. The molecule has 0 atom stereocenters. The van der Waals surface area contributed by atoms with E-state index in [2.05, 4.69) is 48.6 Å². The SMILES string of the molecule is CCc1nc2ccc(Br)cc2c(=O)n1N=Cc1cc(I)c(OCc2ccc(F)cc2)c(OC)c1. The smallest absolute Gasteiger partial charge is 0.282 e. The number of aryl methyl sites for hydroxylation is 1. The summed E-state index contributed by atoms with van der Waals surface area (Å²) in [5, 5.41) is 4.93. The van der Waals surface area contributed by atoms with Crippen LogP contribution in [0.4, 0.5) is 4.39 Å². The molecular formula is C25H20BrFIN3O3. The fourth-order valence-corrected chi connectivity index (χ4v) is 4.50. The van der Waals surface area contributed by atoms with E-state index in [0.717, 1.165) is 19.2 Å². The molecule has 4 rings (SSSR count). The van der Waals surface area contributed by atoms with Crippen molar-refractivity contribution in [2.24, 2.45) is 5.10 Å². The zero-order valence-electron chi connectivity index (χ0n) is 18.4. The van der Waals surface area contributed by atoms with E-state index >= 15 is 0 Å². The summed E-state index contributed by atoms with van der Waals surface area (Å²) < 4.78 is 27.6. The Balaban J connectivity index is 1.65. The Morgan fingerprint density at radius 1 is 1.18 bits per heavy atom. The number of ether oxygens (including phenoxy) is 2. The van der Waals surface area contributed by atoms with Crippen LogP contribution in [-0.4, -0.2) is 23.0 Å². The van der Waals surface area contributed by atoms with E-state index in [-0.39, 0.29) is 18.0 Å². The van der Waals surface area contributed by atoms with Gasteiger partial charge in [0.15, 0.2) is 11.5 Å². The number of aromatic nitrogens is 2. The normalized spacial score (nSPS) is 11.3. The molecule has 0 unspecified atom stereocenters. The second-order valence-electron chi connectivity index (χ2n) is 7.35. The van der Waals surface area contributed by atoms with E-state index < -0.39 is 0 Å². The summed E-state index contributed by atoms with van der Waals surface area (Å²) in [5.41, 5.74) is 1.97. The average molecular weight is 636 g/mol. The van der Waals surface area contributed by atoms with Crippen molar-refractivity contribution >= 4 is 55.6 Å². The van der Waals surface area contributed by atoms with Crippen molar-refractivity contribution < 1.29 is 13.9 Å². The standard InChI is InChI=1S/C25H20BrFIN3O3/c1-3-23-30-21-9-6-17(26)12-19(21)25(32)31(23)29-13-16-10-20(28)24(22(11-16)33-2)34-14-15-4-7-18(27)8-5-15/h4-13H,3,14H2,1-2H3. The van der Waals surface area contributed by atoms with E-state index in [4.69, 9.17) is 9.47 Å². The molecule has 34 heavy (non-hydrogen) atoms. The summed E-state index contributed by atoms with van der Waals surface area (Å²) in [4.78, 5) is 17.7. The number of hydrogen-bond donors (Lipinski definition) is 0. The average Bonchev–Trinajstić information content (AvgIpc) is 2.83. The maximum Gasteiger partial charge on any atom is 0.282 e. The first-order valence-electron chi connectivity index (χ1n) is 10.4. The van der Waals surface area contributed by atoms with Gasteiger partial charge in [-0.1, -0.05) is 35.0 Å². The van der Waals surface area contributed by atoms with E-state index in [9.17, 15) is 9.18 Å². The Kier molecular flexibility index (Phi) is 7.62. The van der Waals surface area contributed by atoms with Gasteiger partial charge in [-0.05, 0) is 76.2 Å². The van der Waals surface area contributed by atoms with Crippen molar-refractivity contribution in [2.45, 2.75) is 20.0 Å². The number of fused-ring (bicyclic) bond motifs is 1. The van der Waals surface area contributed by atoms with Crippen LogP contribution < -0.4 is 15.0 Å². The Bertz CT molecular complexity index is 1440. The molecule has 0 aliphatic heterocycles. The van der Waals surface area contributed by atoms with Gasteiger partial charge in [-0.3, -0.25) is 4.79 Å². The van der Waals surface area contributed by atoms with Crippen molar-refractivity contribution in [3.63, 3.8) is 0 Å². The van der Waals surface area contributed by atoms with E-state index in [1.807, 2.05) is 25.1 Å². The summed E-state index contributed by atoms with van der Waals surface area (Å²) >= 11 is 5.57. The van der Waals surface area contributed by atoms with Crippen molar-refractivity contribution in [3.05, 3.63) is 95.8 Å². The van der Waals surface area contributed by atoms with Gasteiger partial charge in [0, 0.05) is 10.9 Å². The Labute approximate surface area is 217 Å². The summed E-state index contributed by atoms with van der Waals surface area (Å²) in [7, 11) is 1.56. The Morgan fingerprint density at radius 2 is 1.94 bits per heavy atom. The summed E-state index contributed by atoms with van der Waals surface area (Å²) in [6.07, 6.45) is 2.15. The number of rotatable bonds is 7. The number of hydrogen-bond acceptors (Lipinski definition) is 5. The number of halogens is 3. The highest BCUT2D eigenvalue weighted by molar-refractivity contribution is 14.1. The Morgan fingerprint density at radius 3 is 2.65 bits per heavy atom. The predicted molar refractivity (Wildman–Crippen MR) is 143 cm³/mol. The molecule has 0 spiro atoms. The van der Waals surface area contributed by atoms with Gasteiger partial charge in [-0.15, -0.1) is 0 Å². The van der Waals surface area contributed by atoms with E-state index in [1.54, 1.807) is 37.6 Å². The van der Waals surface area contributed by atoms with Gasteiger partial charge < -0.3 is 9.47 Å². The first-order valence-corrected chi connectivity index (χ1v) is 12.3. The first-order chi connectivity index (χ1) is 16.4. The van der Waals surface area contributed by atoms with E-state index in [0.29, 0.717) is 34.6 Å². The van der Waals surface area contributed by atoms with Crippen molar-refractivity contribution in [3.8, 4) is 11.5 Å². The third kappa shape index (κ3) is 5.30. The molecular weight excluding hydrogens is 616 g/mol. The van der Waals surface area contributed by atoms with Gasteiger partial charge in [0.25, 0.3) is 5.56 Å². The molecule has 0 saturated carbocycles. The fraction of sp³-hybridized carbons (Fsp3) is 0.160. The quantitative estimate of drug-likeness (QED) is 0.186. The molecule has 1 heterocycles. The number of nitrogens with zero attached hydrogens (tertiary/aromatic N) is 3. The van der Waals surface area contributed by atoms with Crippen LogP contribution in [0, 0.1) is 9.39 Å². The molecule has 6 nitrogen and oxygen atoms in total. The highest BCUT2D eigenvalue weighted by Crippen LogP contribution is 2.34. The maximum absolute atomic E-state index is 13.1. The third-order valence-electron chi connectivity index (χ3n) is 5.06. The summed E-state index contributed by atoms with van der Waals surface area (Å²) in [6, 6.07) is 15.2. The molecule has 0 bridgehead atoms. The lowest BCUT2D eigenvalue weighted by molar-refractivity contribution is 0.282. The van der Waals surface area contributed by atoms with Crippen molar-refractivity contribution in [2.75, 3.05) is 7.11 Å². The molecule has 1 aromatic heterocycles. The molecule has 0 N–H and O–H groups in total. The van der Waals surface area contributed by atoms with Crippen LogP contribution in [0.5, 0.6) is 11.5 Å². The van der Waals surface area contributed by atoms with E-state index in [1.165, 1.54) is 16.8 Å². The molecule has 0 saturated heterocycles. The zero-order valence-corrected chi connectivity index (χ0v) is 22.1. The minimum Gasteiger partial charge on any atom is -0.493 e. The van der Waals surface area contributed by atoms with Crippen LogP contribution in [-0.2, 0) is 13.0 Å². The molecule has 0 radical (unpaired) electrons. The Hall–Kier alpha value is -2.79.